The summed E-state index contributed by atoms with van der Waals surface area (Å²) in [6.07, 6.45) is 1.78. The second kappa shape index (κ2) is 6.26. The summed E-state index contributed by atoms with van der Waals surface area (Å²) in [5, 5.41) is 5.11. The maximum atomic E-state index is 6.43. The zero-order valence-corrected chi connectivity index (χ0v) is 14.0. The highest BCUT2D eigenvalue weighted by Crippen LogP contribution is 2.34. The predicted molar refractivity (Wildman–Crippen MR) is 85.7 cm³/mol. The van der Waals surface area contributed by atoms with E-state index in [0.717, 1.165) is 26.3 Å². The fourth-order valence-electron chi connectivity index (χ4n) is 2.24. The molecule has 1 aromatic heterocycles. The van der Waals surface area contributed by atoms with Crippen molar-refractivity contribution in [2.24, 2.45) is 5.84 Å². The molecule has 0 saturated carbocycles. The minimum atomic E-state index is -0.221. The van der Waals surface area contributed by atoms with Crippen LogP contribution in [0.5, 0.6) is 0 Å². The van der Waals surface area contributed by atoms with Gasteiger partial charge in [0.25, 0.3) is 0 Å². The molecule has 0 fully saturated rings. The molecular formula is C14H18BrClN4. The van der Waals surface area contributed by atoms with Crippen LogP contribution in [0.2, 0.25) is 5.02 Å². The normalized spacial score (nSPS) is 12.9. The molecule has 108 valence electrons. The number of nitrogens with one attached hydrogen (secondary N) is 1. The van der Waals surface area contributed by atoms with Crippen molar-refractivity contribution in [2.45, 2.75) is 32.9 Å². The molecule has 20 heavy (non-hydrogen) atoms. The first-order valence-electron chi connectivity index (χ1n) is 6.41. The van der Waals surface area contributed by atoms with E-state index in [4.69, 9.17) is 17.4 Å². The molecule has 0 aliphatic heterocycles. The third-order valence-corrected chi connectivity index (χ3v) is 4.38. The quantitative estimate of drug-likeness (QED) is 0.647. The molecule has 2 rings (SSSR count). The average molecular weight is 358 g/mol. The first-order valence-corrected chi connectivity index (χ1v) is 7.58. The Bertz CT molecular complexity index is 609. The molecule has 6 heteroatoms. The maximum absolute atomic E-state index is 6.43. The van der Waals surface area contributed by atoms with Crippen LogP contribution in [0, 0.1) is 6.92 Å². The van der Waals surface area contributed by atoms with Gasteiger partial charge in [0, 0.05) is 11.1 Å². The fraction of sp³-hybridized carbons (Fsp3) is 0.357. The van der Waals surface area contributed by atoms with Crippen molar-refractivity contribution in [1.29, 1.82) is 0 Å². The predicted octanol–water partition coefficient (Wildman–Crippen LogP) is 3.74. The minimum Gasteiger partial charge on any atom is -0.271 e. The highest BCUT2D eigenvalue weighted by atomic mass is 79.9. The average Bonchev–Trinajstić information content (AvgIpc) is 2.78. The summed E-state index contributed by atoms with van der Waals surface area (Å²) in [5.74, 6) is 5.78. The number of rotatable bonds is 4. The first-order chi connectivity index (χ1) is 9.47. The Kier molecular flexibility index (Phi) is 4.86. The van der Waals surface area contributed by atoms with Crippen LogP contribution in [0.4, 0.5) is 0 Å². The largest absolute Gasteiger partial charge is 0.271 e. The van der Waals surface area contributed by atoms with E-state index >= 15 is 0 Å². The van der Waals surface area contributed by atoms with Crippen LogP contribution < -0.4 is 11.3 Å². The minimum absolute atomic E-state index is 0.221. The summed E-state index contributed by atoms with van der Waals surface area (Å²) in [7, 11) is 0. The van der Waals surface area contributed by atoms with Gasteiger partial charge in [-0.1, -0.05) is 29.8 Å². The lowest BCUT2D eigenvalue weighted by Crippen LogP contribution is -2.31. The number of nitrogens with two attached hydrogens (primary N) is 1. The van der Waals surface area contributed by atoms with Gasteiger partial charge in [-0.25, -0.2) is 5.43 Å². The van der Waals surface area contributed by atoms with Crippen molar-refractivity contribution in [2.75, 3.05) is 0 Å². The fourth-order valence-corrected chi connectivity index (χ4v) is 2.98. The second-order valence-corrected chi connectivity index (χ2v) is 6.23. The van der Waals surface area contributed by atoms with Crippen molar-refractivity contribution in [3.8, 4) is 0 Å². The smallest absolute Gasteiger partial charge is 0.0904 e. The molecule has 3 N–H and O–H groups in total. The Morgan fingerprint density at radius 1 is 1.40 bits per heavy atom. The molecule has 0 radical (unpaired) electrons. The molecule has 0 bridgehead atoms. The van der Waals surface area contributed by atoms with Gasteiger partial charge in [-0.3, -0.25) is 10.5 Å². The first kappa shape index (κ1) is 15.5. The Hall–Kier alpha value is -0.880. The van der Waals surface area contributed by atoms with Crippen molar-refractivity contribution in [3.05, 3.63) is 50.7 Å². The molecule has 0 amide bonds. The van der Waals surface area contributed by atoms with Crippen LogP contribution in [0.1, 0.15) is 42.8 Å². The monoisotopic (exact) mass is 356 g/mol. The summed E-state index contributed by atoms with van der Waals surface area (Å²) < 4.78 is 2.85. The van der Waals surface area contributed by atoms with Gasteiger partial charge < -0.3 is 0 Å². The van der Waals surface area contributed by atoms with E-state index in [1.54, 1.807) is 6.20 Å². The topological polar surface area (TPSA) is 55.9 Å². The standard InChI is InChI=1S/C14H18BrClN4/c1-8(2)20-14(11(15)7-18-20)13(19-17)10-6-4-5-9(3)12(10)16/h4-8,13,19H,17H2,1-3H3. The number of hydrogen-bond acceptors (Lipinski definition) is 3. The summed E-state index contributed by atoms with van der Waals surface area (Å²) in [5.41, 5.74) is 5.78. The molecule has 1 aromatic carbocycles. The van der Waals surface area contributed by atoms with Crippen LogP contribution in [-0.4, -0.2) is 9.78 Å². The SMILES string of the molecule is Cc1cccc(C(NN)c2c(Br)cnn2C(C)C)c1Cl. The molecule has 2 aromatic rings. The lowest BCUT2D eigenvalue weighted by Gasteiger charge is -2.22. The van der Waals surface area contributed by atoms with Crippen LogP contribution in [-0.2, 0) is 0 Å². The van der Waals surface area contributed by atoms with E-state index in [1.165, 1.54) is 0 Å². The summed E-state index contributed by atoms with van der Waals surface area (Å²) in [4.78, 5) is 0. The summed E-state index contributed by atoms with van der Waals surface area (Å²) in [6, 6.07) is 5.95. The van der Waals surface area contributed by atoms with Gasteiger partial charge in [0.2, 0.25) is 0 Å². The maximum Gasteiger partial charge on any atom is 0.0904 e. The van der Waals surface area contributed by atoms with E-state index in [2.05, 4.69) is 40.3 Å². The lowest BCUT2D eigenvalue weighted by atomic mass is 10.0. The molecule has 0 spiro atoms. The van der Waals surface area contributed by atoms with Crippen molar-refractivity contribution < 1.29 is 0 Å². The van der Waals surface area contributed by atoms with Gasteiger partial charge in [0.05, 0.1) is 22.4 Å². The van der Waals surface area contributed by atoms with Crippen LogP contribution in [0.25, 0.3) is 0 Å². The van der Waals surface area contributed by atoms with E-state index in [9.17, 15) is 0 Å². The van der Waals surface area contributed by atoms with Gasteiger partial charge >= 0.3 is 0 Å². The van der Waals surface area contributed by atoms with Gasteiger partial charge in [0.1, 0.15) is 0 Å². The number of hydrazine groups is 1. The lowest BCUT2D eigenvalue weighted by molar-refractivity contribution is 0.475. The number of benzene rings is 1. The molecule has 0 aliphatic carbocycles. The highest BCUT2D eigenvalue weighted by molar-refractivity contribution is 9.10. The zero-order valence-electron chi connectivity index (χ0n) is 11.7. The molecule has 0 aliphatic rings. The number of nitrogens with zero attached hydrogens (tertiary/aromatic N) is 2. The Balaban J connectivity index is 2.58. The Labute approximate surface area is 132 Å². The molecule has 0 saturated heterocycles. The van der Waals surface area contributed by atoms with E-state index < -0.39 is 0 Å². The van der Waals surface area contributed by atoms with Gasteiger partial charge in [-0.2, -0.15) is 5.10 Å². The number of hydrogen-bond donors (Lipinski definition) is 2. The third-order valence-electron chi connectivity index (χ3n) is 3.25. The molecule has 1 heterocycles. The molecule has 1 unspecified atom stereocenters. The van der Waals surface area contributed by atoms with E-state index in [1.807, 2.05) is 29.8 Å². The highest BCUT2D eigenvalue weighted by Gasteiger charge is 2.24. The van der Waals surface area contributed by atoms with Crippen molar-refractivity contribution in [3.63, 3.8) is 0 Å². The molecule has 4 nitrogen and oxygen atoms in total. The number of aryl methyl sites for hydroxylation is 1. The van der Waals surface area contributed by atoms with Crippen LogP contribution in [0.15, 0.2) is 28.9 Å². The zero-order chi connectivity index (χ0) is 14.9. The van der Waals surface area contributed by atoms with E-state index in [0.29, 0.717) is 0 Å². The Morgan fingerprint density at radius 2 is 2.10 bits per heavy atom. The van der Waals surface area contributed by atoms with Gasteiger partial charge in [-0.15, -0.1) is 0 Å². The van der Waals surface area contributed by atoms with E-state index in [-0.39, 0.29) is 12.1 Å². The van der Waals surface area contributed by atoms with Gasteiger partial charge in [-0.05, 0) is 47.8 Å². The second-order valence-electron chi connectivity index (χ2n) is 4.99. The molecule has 1 atom stereocenters. The summed E-state index contributed by atoms with van der Waals surface area (Å²) >= 11 is 9.97. The van der Waals surface area contributed by atoms with Crippen molar-refractivity contribution in [1.82, 2.24) is 15.2 Å². The van der Waals surface area contributed by atoms with Crippen molar-refractivity contribution >= 4 is 27.5 Å². The van der Waals surface area contributed by atoms with Gasteiger partial charge in [0.15, 0.2) is 0 Å². The van der Waals surface area contributed by atoms with Crippen LogP contribution >= 0.6 is 27.5 Å². The van der Waals surface area contributed by atoms with Crippen LogP contribution in [0.3, 0.4) is 0 Å². The number of aromatic nitrogens is 2. The summed E-state index contributed by atoms with van der Waals surface area (Å²) in [6.45, 7) is 6.14. The molecular weight excluding hydrogens is 340 g/mol. The Morgan fingerprint density at radius 3 is 2.70 bits per heavy atom. The number of halogens is 2. The third kappa shape index (κ3) is 2.76.